The van der Waals surface area contributed by atoms with Gasteiger partial charge in [-0.25, -0.2) is 35.4 Å². The Balaban J connectivity index is 0.000000209. The Morgan fingerprint density at radius 2 is 1.22 bits per heavy atom. The van der Waals surface area contributed by atoms with E-state index >= 15 is 0 Å². The molecule has 0 aliphatic carbocycles. The Bertz CT molecular complexity index is 1820. The van der Waals surface area contributed by atoms with Crippen molar-refractivity contribution in [3.8, 4) is 0 Å². The molecule has 9 nitrogen and oxygen atoms in total. The summed E-state index contributed by atoms with van der Waals surface area (Å²) < 4.78 is 56.9. The number of benzene rings is 2. The molecule has 0 unspecified atom stereocenters. The van der Waals surface area contributed by atoms with Crippen LogP contribution < -0.4 is 8.61 Å². The fourth-order valence-electron chi connectivity index (χ4n) is 4.55. The summed E-state index contributed by atoms with van der Waals surface area (Å²) in [4.78, 5) is 9.41. The minimum atomic E-state index is -3.53. The van der Waals surface area contributed by atoms with E-state index in [1.165, 1.54) is 8.61 Å². The number of nitrogens with zero attached hydrogens (tertiary/aromatic N) is 5. The predicted octanol–water partition coefficient (Wildman–Crippen LogP) is 6.65. The van der Waals surface area contributed by atoms with Gasteiger partial charge in [0.15, 0.2) is 0 Å². The van der Waals surface area contributed by atoms with Crippen molar-refractivity contribution in [3.63, 3.8) is 0 Å². The maximum atomic E-state index is 12.7. The topological polar surface area (TPSA) is 113 Å². The molecule has 2 aliphatic heterocycles. The van der Waals surface area contributed by atoms with Crippen LogP contribution in [0.4, 0.5) is 11.6 Å². The quantitative estimate of drug-likeness (QED) is 0.141. The summed E-state index contributed by atoms with van der Waals surface area (Å²) in [6, 6.07) is 22.8. The number of hydrogen-bond donors (Lipinski definition) is 1. The average Bonchev–Trinajstić information content (AvgIpc) is 3.64. The van der Waals surface area contributed by atoms with Crippen LogP contribution in [0.2, 0.25) is 0 Å². The molecule has 2 aromatic carbocycles. The van der Waals surface area contributed by atoms with E-state index < -0.39 is 20.0 Å². The molecule has 2 aliphatic rings. The molecule has 0 fully saturated rings. The van der Waals surface area contributed by atoms with Gasteiger partial charge in [0.2, 0.25) is 0 Å². The van der Waals surface area contributed by atoms with Crippen LogP contribution in [0.3, 0.4) is 0 Å². The van der Waals surface area contributed by atoms with Crippen molar-refractivity contribution in [2.24, 2.45) is 4.30 Å². The normalized spacial score (nSPS) is 13.2. The van der Waals surface area contributed by atoms with Gasteiger partial charge in [0.1, 0.15) is 11.6 Å². The SMILES string of the molecule is Cc1ccc2c(n1)N(S(=O)(=O)c1ccccc1)CC2.Cc1nc2c(cc1Br)CCN2S(=O)(=O)c1ccccc1.ClCCl.[B]=NS. The van der Waals surface area contributed by atoms with Crippen LogP contribution >= 0.6 is 51.9 Å². The van der Waals surface area contributed by atoms with Crippen LogP contribution in [0.15, 0.2) is 97.4 Å². The number of aromatic nitrogens is 2. The summed E-state index contributed by atoms with van der Waals surface area (Å²) >= 11 is 16.2. The molecule has 45 heavy (non-hydrogen) atoms. The van der Waals surface area contributed by atoms with E-state index in [0.717, 1.165) is 27.0 Å². The molecule has 237 valence electrons. The maximum absolute atomic E-state index is 12.7. The molecule has 0 saturated heterocycles. The Morgan fingerprint density at radius 3 is 1.69 bits per heavy atom. The van der Waals surface area contributed by atoms with Crippen molar-refractivity contribution in [2.75, 3.05) is 27.0 Å². The van der Waals surface area contributed by atoms with E-state index in [-0.39, 0.29) is 5.34 Å². The number of rotatable bonds is 4. The second-order valence-corrected chi connectivity index (χ2v) is 15.1. The third-order valence-corrected chi connectivity index (χ3v) is 11.0. The first-order valence-electron chi connectivity index (χ1n) is 13.4. The summed E-state index contributed by atoms with van der Waals surface area (Å²) in [7, 11) is -2.69. The van der Waals surface area contributed by atoms with E-state index in [9.17, 15) is 16.8 Å². The molecule has 0 bridgehead atoms. The standard InChI is InChI=1S/C14H13BrN2O2S.C14H14N2O2S.CH2Cl2.BHNS/c1-10-13(15)9-11-7-8-17(14(11)16-10)20(18,19)12-5-3-2-4-6-12;1-11-7-8-12-9-10-16(14(12)15-11)19(17,18)13-5-3-2-4-6-13;2-1-3;1-2-3/h2-6,9H,7-8H2,1H3;2-8H,9-10H2,1H3;1H2;3H. The molecular weight excluding hydrogens is 740 g/mol. The van der Waals surface area contributed by atoms with Crippen molar-refractivity contribution in [1.82, 2.24) is 9.97 Å². The Morgan fingerprint density at radius 1 is 0.800 bits per heavy atom. The number of aryl methyl sites for hydroxylation is 2. The van der Waals surface area contributed by atoms with Gasteiger partial charge in [0.05, 0.1) is 20.8 Å². The third-order valence-electron chi connectivity index (χ3n) is 6.61. The van der Waals surface area contributed by atoms with E-state index in [1.54, 1.807) is 60.7 Å². The van der Waals surface area contributed by atoms with Gasteiger partial charge in [0.25, 0.3) is 20.0 Å². The second-order valence-electron chi connectivity index (χ2n) is 9.47. The minimum absolute atomic E-state index is 0.194. The molecule has 0 amide bonds. The molecule has 0 N–H and O–H groups in total. The van der Waals surface area contributed by atoms with Gasteiger partial charge in [-0.05, 0) is 90.1 Å². The number of pyridine rings is 2. The fraction of sp³-hybridized carbons (Fsp3) is 0.241. The number of anilines is 2. The molecule has 0 atom stereocenters. The zero-order chi connectivity index (χ0) is 33.2. The zero-order valence-electron chi connectivity index (χ0n) is 24.4. The fourth-order valence-corrected chi connectivity index (χ4v) is 7.86. The number of sulfonamides is 2. The predicted molar refractivity (Wildman–Crippen MR) is 189 cm³/mol. The molecule has 0 spiro atoms. The molecule has 4 aromatic rings. The van der Waals surface area contributed by atoms with Crippen molar-refractivity contribution in [2.45, 2.75) is 36.5 Å². The van der Waals surface area contributed by atoms with E-state index in [4.69, 9.17) is 23.2 Å². The first kappa shape index (κ1) is 37.0. The molecular formula is C29H30BBrCl2N5O4S3. The number of thiol groups is 1. The van der Waals surface area contributed by atoms with Crippen LogP contribution in [-0.4, -0.2) is 52.9 Å². The van der Waals surface area contributed by atoms with Gasteiger partial charge in [-0.15, -0.1) is 23.2 Å². The van der Waals surface area contributed by atoms with Gasteiger partial charge >= 0.3 is 24.8 Å². The van der Waals surface area contributed by atoms with E-state index in [1.807, 2.05) is 32.0 Å². The number of hydrogen-bond acceptors (Lipinski definition) is 8. The van der Waals surface area contributed by atoms with Gasteiger partial charge in [-0.2, -0.15) is 0 Å². The number of fused-ring (bicyclic) bond motifs is 2. The van der Waals surface area contributed by atoms with E-state index in [2.05, 4.69) is 50.7 Å². The van der Waals surface area contributed by atoms with Crippen molar-refractivity contribution < 1.29 is 16.8 Å². The molecule has 6 rings (SSSR count). The summed E-state index contributed by atoms with van der Waals surface area (Å²) in [6.45, 7) is 4.63. The van der Waals surface area contributed by atoms with E-state index in [0.29, 0.717) is 47.4 Å². The first-order chi connectivity index (χ1) is 21.4. The van der Waals surface area contributed by atoms with Crippen molar-refractivity contribution in [3.05, 3.63) is 106 Å². The van der Waals surface area contributed by atoms with Crippen molar-refractivity contribution in [1.29, 1.82) is 0 Å². The molecule has 1 radical (unpaired) electrons. The Hall–Kier alpha value is -2.49. The van der Waals surface area contributed by atoms with Crippen LogP contribution in [0.1, 0.15) is 22.5 Å². The van der Waals surface area contributed by atoms with Gasteiger partial charge in [0, 0.05) is 23.3 Å². The molecule has 0 saturated carbocycles. The van der Waals surface area contributed by atoms with Crippen LogP contribution in [-0.2, 0) is 32.9 Å². The number of alkyl halides is 2. The average molecular weight is 770 g/mol. The summed E-state index contributed by atoms with van der Waals surface area (Å²) in [6.07, 6.45) is 1.40. The Kier molecular flexibility index (Phi) is 13.9. The first-order valence-corrected chi connectivity index (χ1v) is 18.5. The van der Waals surface area contributed by atoms with Gasteiger partial charge in [-0.1, -0.05) is 42.5 Å². The monoisotopic (exact) mass is 768 g/mol. The van der Waals surface area contributed by atoms with Crippen LogP contribution in [0.25, 0.3) is 0 Å². The van der Waals surface area contributed by atoms with Crippen LogP contribution in [0, 0.1) is 13.8 Å². The zero-order valence-corrected chi connectivity index (χ0v) is 30.0. The summed E-state index contributed by atoms with van der Waals surface area (Å²) in [5, 5.41) is 0.194. The molecule has 16 heteroatoms. The second kappa shape index (κ2) is 16.9. The summed E-state index contributed by atoms with van der Waals surface area (Å²) in [5.74, 6) is 1.12. The van der Waals surface area contributed by atoms with Crippen molar-refractivity contribution >= 4 is 91.3 Å². The van der Waals surface area contributed by atoms with Crippen LogP contribution in [0.5, 0.6) is 0 Å². The van der Waals surface area contributed by atoms with Gasteiger partial charge < -0.3 is 0 Å². The molecule has 2 aromatic heterocycles. The van der Waals surface area contributed by atoms with Gasteiger partial charge in [-0.3, -0.25) is 0 Å². The molecule has 4 heterocycles. The number of halogens is 3. The Labute approximate surface area is 289 Å². The third kappa shape index (κ3) is 9.08. The summed E-state index contributed by atoms with van der Waals surface area (Å²) in [5.41, 5.74) is 3.57.